The summed E-state index contributed by atoms with van der Waals surface area (Å²) in [5.74, 6) is 0.255. The number of carbonyl (C=O) groups excluding carboxylic acids is 1. The van der Waals surface area contributed by atoms with Crippen LogP contribution in [0.15, 0.2) is 36.4 Å². The van der Waals surface area contributed by atoms with Gasteiger partial charge in [0.25, 0.3) is 0 Å². The molecule has 0 aliphatic heterocycles. The van der Waals surface area contributed by atoms with Gasteiger partial charge in [0.15, 0.2) is 5.78 Å². The van der Waals surface area contributed by atoms with Crippen molar-refractivity contribution in [1.82, 2.24) is 0 Å². The third-order valence-electron chi connectivity index (χ3n) is 3.19. The molecule has 0 atom stereocenters. The fourth-order valence-electron chi connectivity index (χ4n) is 1.94. The number of methoxy groups -OCH3 is 1. The van der Waals surface area contributed by atoms with Gasteiger partial charge in [0, 0.05) is 17.2 Å². The lowest BCUT2D eigenvalue weighted by Crippen LogP contribution is -1.95. The molecule has 0 fully saturated rings. The van der Waals surface area contributed by atoms with E-state index in [9.17, 15) is 15.0 Å². The van der Waals surface area contributed by atoms with Gasteiger partial charge < -0.3 is 14.9 Å². The van der Waals surface area contributed by atoms with Crippen molar-refractivity contribution in [3.63, 3.8) is 0 Å². The molecule has 0 amide bonds. The molecule has 0 heterocycles. The van der Waals surface area contributed by atoms with E-state index in [4.69, 9.17) is 16.3 Å². The molecule has 2 N–H and O–H groups in total. The van der Waals surface area contributed by atoms with Crippen LogP contribution in [0.4, 0.5) is 0 Å². The molecule has 5 heteroatoms. The summed E-state index contributed by atoms with van der Waals surface area (Å²) in [6, 6.07) is 7.55. The predicted molar refractivity (Wildman–Crippen MR) is 85.9 cm³/mol. The zero-order valence-corrected chi connectivity index (χ0v) is 12.9. The third kappa shape index (κ3) is 3.40. The van der Waals surface area contributed by atoms with Gasteiger partial charge >= 0.3 is 0 Å². The standard InChI is InChI=1S/C17H15ClO4/c1-10-7-11(3-5-14(10)19)15(20)6-4-12-8-13(18)16(21)9-17(12)22-2/h3-9,19,21H,1-2H3/b6-4+. The van der Waals surface area contributed by atoms with Gasteiger partial charge in [0.05, 0.1) is 12.1 Å². The Kier molecular flexibility index (Phi) is 4.73. The lowest BCUT2D eigenvalue weighted by Gasteiger charge is -2.07. The van der Waals surface area contributed by atoms with Crippen molar-refractivity contribution in [3.8, 4) is 17.2 Å². The van der Waals surface area contributed by atoms with E-state index in [2.05, 4.69) is 0 Å². The first-order valence-corrected chi connectivity index (χ1v) is 6.88. The average molecular weight is 319 g/mol. The van der Waals surface area contributed by atoms with Crippen molar-refractivity contribution >= 4 is 23.5 Å². The lowest BCUT2D eigenvalue weighted by atomic mass is 10.1. The molecule has 2 rings (SSSR count). The fourth-order valence-corrected chi connectivity index (χ4v) is 2.11. The first-order valence-electron chi connectivity index (χ1n) is 6.51. The van der Waals surface area contributed by atoms with Gasteiger partial charge in [0.1, 0.15) is 17.2 Å². The van der Waals surface area contributed by atoms with Crippen molar-refractivity contribution in [2.75, 3.05) is 7.11 Å². The number of ketones is 1. The van der Waals surface area contributed by atoms with Crippen molar-refractivity contribution < 1.29 is 19.7 Å². The molecule has 0 saturated carbocycles. The molecule has 0 saturated heterocycles. The Hall–Kier alpha value is -2.46. The van der Waals surface area contributed by atoms with E-state index in [1.807, 2.05) is 0 Å². The minimum atomic E-state index is -0.214. The molecule has 22 heavy (non-hydrogen) atoms. The zero-order valence-electron chi connectivity index (χ0n) is 12.1. The van der Waals surface area contributed by atoms with Gasteiger partial charge in [-0.3, -0.25) is 4.79 Å². The highest BCUT2D eigenvalue weighted by molar-refractivity contribution is 6.32. The molecule has 2 aromatic rings. The van der Waals surface area contributed by atoms with Crippen LogP contribution < -0.4 is 4.74 Å². The monoisotopic (exact) mass is 318 g/mol. The number of allylic oxidation sites excluding steroid dienone is 1. The van der Waals surface area contributed by atoms with Crippen LogP contribution in [0, 0.1) is 6.92 Å². The zero-order chi connectivity index (χ0) is 16.3. The number of aryl methyl sites for hydroxylation is 1. The van der Waals surface area contributed by atoms with E-state index in [1.54, 1.807) is 25.1 Å². The molecule has 4 nitrogen and oxygen atoms in total. The number of carbonyl (C=O) groups is 1. The average Bonchev–Trinajstić information content (AvgIpc) is 2.50. The highest BCUT2D eigenvalue weighted by Gasteiger charge is 2.08. The predicted octanol–water partition coefficient (Wildman–Crippen LogP) is 3.96. The molecule has 0 bridgehead atoms. The second-order valence-corrected chi connectivity index (χ2v) is 5.15. The van der Waals surface area contributed by atoms with Gasteiger partial charge in [-0.2, -0.15) is 0 Å². The number of aromatic hydroxyl groups is 2. The Morgan fingerprint density at radius 1 is 1.18 bits per heavy atom. The topological polar surface area (TPSA) is 66.8 Å². The molecular weight excluding hydrogens is 304 g/mol. The van der Waals surface area contributed by atoms with Gasteiger partial charge in [-0.15, -0.1) is 0 Å². The van der Waals surface area contributed by atoms with Crippen LogP contribution in [0.2, 0.25) is 5.02 Å². The van der Waals surface area contributed by atoms with Gasteiger partial charge in [0.2, 0.25) is 0 Å². The molecule has 0 spiro atoms. The van der Waals surface area contributed by atoms with Crippen LogP contribution in [0.5, 0.6) is 17.2 Å². The van der Waals surface area contributed by atoms with E-state index in [1.165, 1.54) is 31.4 Å². The normalized spacial score (nSPS) is 10.9. The second-order valence-electron chi connectivity index (χ2n) is 4.74. The molecule has 114 valence electrons. The fraction of sp³-hybridized carbons (Fsp3) is 0.118. The summed E-state index contributed by atoms with van der Waals surface area (Å²) in [4.78, 5) is 12.1. The third-order valence-corrected chi connectivity index (χ3v) is 3.50. The molecule has 2 aromatic carbocycles. The highest BCUT2D eigenvalue weighted by Crippen LogP contribution is 2.32. The summed E-state index contributed by atoms with van der Waals surface area (Å²) in [5.41, 5.74) is 1.68. The lowest BCUT2D eigenvalue weighted by molar-refractivity contribution is 0.104. The summed E-state index contributed by atoms with van der Waals surface area (Å²) in [6.45, 7) is 1.72. The summed E-state index contributed by atoms with van der Waals surface area (Å²) < 4.78 is 5.14. The Bertz CT molecular complexity index is 751. The quantitative estimate of drug-likeness (QED) is 0.661. The number of ether oxygens (including phenoxy) is 1. The number of hydrogen-bond acceptors (Lipinski definition) is 4. The molecule has 0 aliphatic carbocycles. The smallest absolute Gasteiger partial charge is 0.185 e. The number of phenols is 2. The first kappa shape index (κ1) is 15.9. The summed E-state index contributed by atoms with van der Waals surface area (Å²) in [7, 11) is 1.46. The highest BCUT2D eigenvalue weighted by atomic mass is 35.5. The minimum Gasteiger partial charge on any atom is -0.508 e. The number of halogens is 1. The van der Waals surface area contributed by atoms with Gasteiger partial charge in [-0.25, -0.2) is 0 Å². The van der Waals surface area contributed by atoms with Crippen molar-refractivity contribution in [3.05, 3.63) is 58.1 Å². The van der Waals surface area contributed by atoms with E-state index < -0.39 is 0 Å². The van der Waals surface area contributed by atoms with Crippen LogP contribution in [0.3, 0.4) is 0 Å². The van der Waals surface area contributed by atoms with Crippen LogP contribution in [-0.4, -0.2) is 23.1 Å². The minimum absolute atomic E-state index is 0.0869. The maximum atomic E-state index is 12.1. The number of hydrogen-bond donors (Lipinski definition) is 2. The molecule has 0 aromatic heterocycles. The van der Waals surface area contributed by atoms with E-state index >= 15 is 0 Å². The largest absolute Gasteiger partial charge is 0.508 e. The SMILES string of the molecule is COc1cc(O)c(Cl)cc1/C=C/C(=O)c1ccc(O)c(C)c1. The molecular formula is C17H15ClO4. The van der Waals surface area contributed by atoms with E-state index in [0.29, 0.717) is 22.4 Å². The Morgan fingerprint density at radius 2 is 1.91 bits per heavy atom. The second kappa shape index (κ2) is 6.54. The number of benzene rings is 2. The molecule has 0 radical (unpaired) electrons. The Labute approximate surface area is 133 Å². The summed E-state index contributed by atoms with van der Waals surface area (Å²) >= 11 is 5.86. The first-order chi connectivity index (χ1) is 10.4. The van der Waals surface area contributed by atoms with Gasteiger partial charge in [-0.1, -0.05) is 11.6 Å². The van der Waals surface area contributed by atoms with E-state index in [-0.39, 0.29) is 22.3 Å². The Balaban J connectivity index is 2.29. The summed E-state index contributed by atoms with van der Waals surface area (Å²) in [6.07, 6.45) is 2.95. The van der Waals surface area contributed by atoms with Crippen LogP contribution >= 0.6 is 11.6 Å². The maximum absolute atomic E-state index is 12.1. The number of phenolic OH excluding ortho intramolecular Hbond substituents is 2. The van der Waals surface area contributed by atoms with Crippen molar-refractivity contribution in [2.45, 2.75) is 6.92 Å². The van der Waals surface area contributed by atoms with Crippen LogP contribution in [0.1, 0.15) is 21.5 Å². The van der Waals surface area contributed by atoms with Crippen LogP contribution in [-0.2, 0) is 0 Å². The van der Waals surface area contributed by atoms with Crippen molar-refractivity contribution in [1.29, 1.82) is 0 Å². The molecule has 0 unspecified atom stereocenters. The van der Waals surface area contributed by atoms with Crippen LogP contribution in [0.25, 0.3) is 6.08 Å². The summed E-state index contributed by atoms with van der Waals surface area (Å²) in [5, 5.41) is 19.2. The molecule has 0 aliphatic rings. The maximum Gasteiger partial charge on any atom is 0.185 e. The Morgan fingerprint density at radius 3 is 2.55 bits per heavy atom. The van der Waals surface area contributed by atoms with Gasteiger partial charge in [-0.05, 0) is 48.9 Å². The number of rotatable bonds is 4. The van der Waals surface area contributed by atoms with E-state index in [0.717, 1.165) is 0 Å². The van der Waals surface area contributed by atoms with Crippen molar-refractivity contribution in [2.24, 2.45) is 0 Å².